The molecule has 0 amide bonds. The maximum atomic E-state index is 6.69. The van der Waals surface area contributed by atoms with Gasteiger partial charge in [0.05, 0.1) is 6.67 Å². The number of benzene rings is 1. The normalized spacial score (nSPS) is 17.4. The van der Waals surface area contributed by atoms with E-state index in [1.54, 1.807) is 0 Å². The molecule has 1 heterocycles. The lowest BCUT2D eigenvalue weighted by Crippen LogP contribution is -2.44. The van der Waals surface area contributed by atoms with Crippen LogP contribution in [-0.2, 0) is 10.7 Å². The molecule has 0 fully saturated rings. The SMILES string of the molecule is CCSOCC(C)(CC)Oc1cc2c(cc1C(C)CC)N(CC(C)(C)CC)CNC2. The van der Waals surface area contributed by atoms with Crippen molar-refractivity contribution in [3.05, 3.63) is 23.3 Å². The van der Waals surface area contributed by atoms with Gasteiger partial charge in [-0.15, -0.1) is 0 Å². The van der Waals surface area contributed by atoms with Crippen LogP contribution in [0.3, 0.4) is 0 Å². The lowest BCUT2D eigenvalue weighted by molar-refractivity contribution is 0.0385. The Bertz CT molecular complexity index is 679. The molecule has 1 aromatic carbocycles. The molecule has 1 aromatic rings. The smallest absolute Gasteiger partial charge is 0.130 e. The third-order valence-corrected chi connectivity index (χ3v) is 7.08. The van der Waals surface area contributed by atoms with Gasteiger partial charge in [-0.1, -0.05) is 48.5 Å². The van der Waals surface area contributed by atoms with Gasteiger partial charge in [-0.05, 0) is 72.8 Å². The van der Waals surface area contributed by atoms with E-state index in [4.69, 9.17) is 8.92 Å². The van der Waals surface area contributed by atoms with Gasteiger partial charge in [0.2, 0.25) is 0 Å². The highest BCUT2D eigenvalue weighted by molar-refractivity contribution is 7.94. The topological polar surface area (TPSA) is 33.7 Å². The molecule has 5 heteroatoms. The van der Waals surface area contributed by atoms with Crippen molar-refractivity contribution < 1.29 is 8.92 Å². The molecule has 0 aromatic heterocycles. The van der Waals surface area contributed by atoms with E-state index in [0.717, 1.165) is 44.1 Å². The predicted octanol–water partition coefficient (Wildman–Crippen LogP) is 6.74. The van der Waals surface area contributed by atoms with Crippen LogP contribution < -0.4 is 15.0 Å². The van der Waals surface area contributed by atoms with Crippen LogP contribution in [0, 0.1) is 5.41 Å². The van der Waals surface area contributed by atoms with Crippen LogP contribution in [0.1, 0.15) is 91.7 Å². The van der Waals surface area contributed by atoms with Crippen molar-refractivity contribution in [3.63, 3.8) is 0 Å². The highest BCUT2D eigenvalue weighted by Crippen LogP contribution is 2.39. The molecular formula is C25H44N2O2S. The highest BCUT2D eigenvalue weighted by atomic mass is 32.2. The lowest BCUT2D eigenvalue weighted by atomic mass is 9.88. The Morgan fingerprint density at radius 3 is 2.47 bits per heavy atom. The summed E-state index contributed by atoms with van der Waals surface area (Å²) in [6, 6.07) is 4.69. The Morgan fingerprint density at radius 1 is 1.13 bits per heavy atom. The summed E-state index contributed by atoms with van der Waals surface area (Å²) in [7, 11) is 0. The Hall–Kier alpha value is -0.910. The molecule has 0 radical (unpaired) electrons. The molecule has 0 spiro atoms. The number of fused-ring (bicyclic) bond motifs is 1. The van der Waals surface area contributed by atoms with E-state index >= 15 is 0 Å². The van der Waals surface area contributed by atoms with Crippen LogP contribution in [0.4, 0.5) is 5.69 Å². The zero-order chi connectivity index (χ0) is 22.4. The fourth-order valence-corrected chi connectivity index (χ4v) is 4.15. The summed E-state index contributed by atoms with van der Waals surface area (Å²) >= 11 is 1.51. The summed E-state index contributed by atoms with van der Waals surface area (Å²) in [6.45, 7) is 21.5. The number of anilines is 1. The van der Waals surface area contributed by atoms with Gasteiger partial charge < -0.3 is 13.8 Å². The van der Waals surface area contributed by atoms with Gasteiger partial charge in [0.25, 0.3) is 0 Å². The number of nitrogens with zero attached hydrogens (tertiary/aromatic N) is 1. The Kier molecular flexibility index (Phi) is 9.38. The maximum Gasteiger partial charge on any atom is 0.130 e. The van der Waals surface area contributed by atoms with Crippen LogP contribution >= 0.6 is 12.0 Å². The van der Waals surface area contributed by atoms with Gasteiger partial charge in [0.1, 0.15) is 18.0 Å². The average molecular weight is 437 g/mol. The minimum absolute atomic E-state index is 0.289. The van der Waals surface area contributed by atoms with Crippen molar-refractivity contribution in [1.82, 2.24) is 5.32 Å². The summed E-state index contributed by atoms with van der Waals surface area (Å²) in [4.78, 5) is 2.51. The molecule has 0 aliphatic carbocycles. The van der Waals surface area contributed by atoms with Gasteiger partial charge in [-0.2, -0.15) is 0 Å². The lowest BCUT2D eigenvalue weighted by Gasteiger charge is -2.39. The number of ether oxygens (including phenoxy) is 1. The summed E-state index contributed by atoms with van der Waals surface area (Å²) in [5.41, 5.74) is 3.98. The summed E-state index contributed by atoms with van der Waals surface area (Å²) < 4.78 is 12.5. The van der Waals surface area contributed by atoms with E-state index in [0.29, 0.717) is 12.5 Å². The van der Waals surface area contributed by atoms with Crippen LogP contribution in [0.25, 0.3) is 0 Å². The summed E-state index contributed by atoms with van der Waals surface area (Å²) in [5, 5.41) is 3.59. The molecule has 0 bridgehead atoms. The first-order valence-electron chi connectivity index (χ1n) is 11.7. The second-order valence-corrected chi connectivity index (χ2v) is 10.8. The molecule has 2 unspecified atom stereocenters. The van der Waals surface area contributed by atoms with Crippen molar-refractivity contribution in [2.75, 3.05) is 30.5 Å². The monoisotopic (exact) mass is 436 g/mol. The van der Waals surface area contributed by atoms with Crippen molar-refractivity contribution in [2.24, 2.45) is 5.41 Å². The maximum absolute atomic E-state index is 6.69. The third-order valence-electron chi connectivity index (χ3n) is 6.56. The second-order valence-electron chi connectivity index (χ2n) is 9.70. The van der Waals surface area contributed by atoms with Gasteiger partial charge in [0.15, 0.2) is 0 Å². The van der Waals surface area contributed by atoms with Crippen molar-refractivity contribution in [1.29, 1.82) is 0 Å². The van der Waals surface area contributed by atoms with E-state index in [-0.39, 0.29) is 11.0 Å². The van der Waals surface area contributed by atoms with E-state index in [1.165, 1.54) is 35.3 Å². The third kappa shape index (κ3) is 6.54. The number of rotatable bonds is 12. The number of hydrogen-bond donors (Lipinski definition) is 1. The molecule has 4 nitrogen and oxygen atoms in total. The Labute approximate surface area is 189 Å². The zero-order valence-electron chi connectivity index (χ0n) is 20.6. The number of hydrogen-bond acceptors (Lipinski definition) is 5. The minimum Gasteiger partial charge on any atom is -0.485 e. The highest BCUT2D eigenvalue weighted by Gasteiger charge is 2.30. The van der Waals surface area contributed by atoms with Gasteiger partial charge in [-0.3, -0.25) is 5.32 Å². The minimum atomic E-state index is -0.329. The zero-order valence-corrected chi connectivity index (χ0v) is 21.4. The van der Waals surface area contributed by atoms with Crippen LogP contribution in [0.5, 0.6) is 5.75 Å². The first-order chi connectivity index (χ1) is 14.2. The largest absolute Gasteiger partial charge is 0.485 e. The molecule has 30 heavy (non-hydrogen) atoms. The summed E-state index contributed by atoms with van der Waals surface area (Å²) in [6.07, 6.45) is 3.17. The molecule has 2 atom stereocenters. The second kappa shape index (κ2) is 11.1. The fourth-order valence-electron chi connectivity index (χ4n) is 3.66. The molecule has 2 rings (SSSR count). The van der Waals surface area contributed by atoms with E-state index in [1.807, 2.05) is 0 Å². The first kappa shape index (κ1) is 25.4. The fraction of sp³-hybridized carbons (Fsp3) is 0.760. The Morgan fingerprint density at radius 2 is 1.87 bits per heavy atom. The number of nitrogens with one attached hydrogen (secondary N) is 1. The van der Waals surface area contributed by atoms with Gasteiger partial charge >= 0.3 is 0 Å². The van der Waals surface area contributed by atoms with Crippen molar-refractivity contribution in [2.45, 2.75) is 92.7 Å². The van der Waals surface area contributed by atoms with E-state index in [9.17, 15) is 0 Å². The summed E-state index contributed by atoms with van der Waals surface area (Å²) in [5.74, 6) is 2.43. The molecule has 1 N–H and O–H groups in total. The molecular weight excluding hydrogens is 392 g/mol. The van der Waals surface area contributed by atoms with Crippen LogP contribution in [0.2, 0.25) is 0 Å². The van der Waals surface area contributed by atoms with E-state index in [2.05, 4.69) is 77.7 Å². The van der Waals surface area contributed by atoms with Crippen molar-refractivity contribution in [3.8, 4) is 5.75 Å². The molecule has 1 aliphatic heterocycles. The quantitative estimate of drug-likeness (QED) is 0.290. The predicted molar refractivity (Wildman–Crippen MR) is 132 cm³/mol. The molecule has 0 saturated carbocycles. The van der Waals surface area contributed by atoms with Gasteiger partial charge in [-0.25, -0.2) is 0 Å². The van der Waals surface area contributed by atoms with Crippen molar-refractivity contribution >= 4 is 17.7 Å². The first-order valence-corrected chi connectivity index (χ1v) is 12.7. The van der Waals surface area contributed by atoms with Gasteiger partial charge in [0, 0.05) is 24.5 Å². The molecule has 1 aliphatic rings. The average Bonchev–Trinajstić information content (AvgIpc) is 2.73. The van der Waals surface area contributed by atoms with Crippen LogP contribution in [0.15, 0.2) is 12.1 Å². The van der Waals surface area contributed by atoms with Crippen LogP contribution in [-0.4, -0.2) is 31.2 Å². The standard InChI is InChI=1S/C25H44N2O2S/c1-9-19(5)21-14-22-20(15-26-18-27(22)16-24(6,7)10-2)13-23(21)29-25(8,11-3)17-28-30-12-4/h13-14,19,26H,9-12,15-18H2,1-8H3. The molecule has 0 saturated heterocycles. The Balaban J connectivity index is 2.40. The molecule has 172 valence electrons. The van der Waals surface area contributed by atoms with E-state index < -0.39 is 0 Å².